The molecule has 6 rings (SSSR count). The third-order valence-electron chi connectivity index (χ3n) is 8.91. The van der Waals surface area contributed by atoms with Gasteiger partial charge in [-0.3, -0.25) is 9.59 Å². The number of hydrogen-bond donors (Lipinski definition) is 2. The molecule has 0 spiro atoms. The summed E-state index contributed by atoms with van der Waals surface area (Å²) < 4.78 is 0. The van der Waals surface area contributed by atoms with Crippen molar-refractivity contribution in [3.05, 3.63) is 0 Å². The molecule has 0 radical (unpaired) electrons. The van der Waals surface area contributed by atoms with Crippen LogP contribution in [0.4, 0.5) is 0 Å². The molecule has 0 aromatic carbocycles. The van der Waals surface area contributed by atoms with Crippen molar-refractivity contribution < 1.29 is 9.59 Å². The van der Waals surface area contributed by atoms with Gasteiger partial charge in [0.15, 0.2) is 0 Å². The van der Waals surface area contributed by atoms with Gasteiger partial charge >= 0.3 is 0 Å². The van der Waals surface area contributed by atoms with E-state index < -0.39 is 0 Å². The van der Waals surface area contributed by atoms with Crippen molar-refractivity contribution in [3.8, 4) is 0 Å². The summed E-state index contributed by atoms with van der Waals surface area (Å²) in [5, 5.41) is 6.89. The Morgan fingerprint density at radius 3 is 1.39 bits per heavy atom. The van der Waals surface area contributed by atoms with Crippen LogP contribution >= 0.6 is 0 Å². The van der Waals surface area contributed by atoms with Crippen LogP contribution in [0.2, 0.25) is 0 Å². The summed E-state index contributed by atoms with van der Waals surface area (Å²) in [5.41, 5.74) is -0.517. The highest BCUT2D eigenvalue weighted by Crippen LogP contribution is 2.65. The molecule has 28 heavy (non-hydrogen) atoms. The zero-order valence-corrected chi connectivity index (χ0v) is 17.4. The lowest BCUT2D eigenvalue weighted by molar-refractivity contribution is -0.168. The summed E-state index contributed by atoms with van der Waals surface area (Å²) >= 11 is 0. The average Bonchev–Trinajstić information content (AvgIpc) is 2.68. The second-order valence-corrected chi connectivity index (χ2v) is 11.1. The van der Waals surface area contributed by atoms with Gasteiger partial charge in [0.2, 0.25) is 11.8 Å². The Morgan fingerprint density at radius 2 is 1.00 bits per heavy atom. The molecule has 0 unspecified atom stereocenters. The molecule has 4 nitrogen and oxygen atoms in total. The lowest BCUT2D eigenvalue weighted by atomic mass is 9.43. The second-order valence-electron chi connectivity index (χ2n) is 11.1. The molecule has 6 aliphatic carbocycles. The number of nitrogens with one attached hydrogen (secondary N) is 2. The van der Waals surface area contributed by atoms with Crippen LogP contribution in [0.1, 0.15) is 103 Å². The lowest BCUT2D eigenvalue weighted by Gasteiger charge is -2.60. The van der Waals surface area contributed by atoms with Crippen LogP contribution in [0.3, 0.4) is 0 Å². The summed E-state index contributed by atoms with van der Waals surface area (Å²) in [6, 6.07) is 0.752. The Bertz CT molecular complexity index is 554. The first-order valence-electron chi connectivity index (χ1n) is 12.2. The number of amides is 2. The van der Waals surface area contributed by atoms with E-state index in [9.17, 15) is 9.59 Å². The van der Waals surface area contributed by atoms with Crippen molar-refractivity contribution >= 4 is 11.8 Å². The molecule has 0 aromatic rings. The van der Waals surface area contributed by atoms with Gasteiger partial charge in [0.05, 0.1) is 10.8 Å². The lowest BCUT2D eigenvalue weighted by Crippen LogP contribution is -2.62. The maximum Gasteiger partial charge on any atom is 0.226 e. The maximum atomic E-state index is 13.5. The van der Waals surface area contributed by atoms with Crippen molar-refractivity contribution in [1.29, 1.82) is 0 Å². The van der Waals surface area contributed by atoms with Crippen LogP contribution < -0.4 is 10.6 Å². The third-order valence-corrected chi connectivity index (χ3v) is 8.91. The zero-order valence-electron chi connectivity index (χ0n) is 17.4. The van der Waals surface area contributed by atoms with E-state index in [1.807, 2.05) is 0 Å². The van der Waals surface area contributed by atoms with Crippen LogP contribution in [0.25, 0.3) is 0 Å². The van der Waals surface area contributed by atoms with E-state index in [2.05, 4.69) is 10.6 Å². The van der Waals surface area contributed by atoms with Crippen molar-refractivity contribution in [2.75, 3.05) is 0 Å². The Morgan fingerprint density at radius 1 is 0.607 bits per heavy atom. The van der Waals surface area contributed by atoms with Crippen molar-refractivity contribution in [1.82, 2.24) is 10.6 Å². The largest absolute Gasteiger partial charge is 0.353 e. The highest BCUT2D eigenvalue weighted by atomic mass is 16.2. The maximum absolute atomic E-state index is 13.5. The van der Waals surface area contributed by atoms with E-state index in [1.165, 1.54) is 44.9 Å². The molecule has 0 aromatic heterocycles. The molecule has 0 heterocycles. The number of rotatable bonds is 4. The van der Waals surface area contributed by atoms with Gasteiger partial charge < -0.3 is 10.6 Å². The molecule has 2 amide bonds. The van der Waals surface area contributed by atoms with E-state index in [0.717, 1.165) is 57.8 Å². The number of hydrogen-bond acceptors (Lipinski definition) is 2. The smallest absolute Gasteiger partial charge is 0.226 e. The second kappa shape index (κ2) is 7.32. The SMILES string of the molecule is O=C(NC1CCCCC1)C12CC3CC(C1)CC(C(=O)NC1CCCCC1)(C3)C2. The summed E-state index contributed by atoms with van der Waals surface area (Å²) in [4.78, 5) is 27.0. The molecular weight excluding hydrogens is 348 g/mol. The van der Waals surface area contributed by atoms with E-state index in [4.69, 9.17) is 0 Å². The fourth-order valence-electron chi connectivity index (χ4n) is 7.96. The number of carbonyl (C=O) groups is 2. The molecule has 0 atom stereocenters. The van der Waals surface area contributed by atoms with Crippen LogP contribution in [-0.2, 0) is 9.59 Å². The van der Waals surface area contributed by atoms with Gasteiger partial charge in [0.1, 0.15) is 0 Å². The van der Waals surface area contributed by atoms with E-state index in [1.54, 1.807) is 0 Å². The van der Waals surface area contributed by atoms with Crippen molar-refractivity contribution in [2.24, 2.45) is 22.7 Å². The minimum Gasteiger partial charge on any atom is -0.353 e. The molecule has 6 fully saturated rings. The van der Waals surface area contributed by atoms with E-state index >= 15 is 0 Å². The number of carbonyl (C=O) groups excluding carboxylic acids is 2. The molecule has 4 heteroatoms. The quantitative estimate of drug-likeness (QED) is 0.749. The first kappa shape index (κ1) is 18.9. The average molecular weight is 387 g/mol. The fourth-order valence-corrected chi connectivity index (χ4v) is 7.96. The molecule has 156 valence electrons. The summed E-state index contributed by atoms with van der Waals surface area (Å²) in [5.74, 6) is 1.75. The predicted octanol–water partition coefficient (Wildman–Crippen LogP) is 4.47. The summed E-state index contributed by atoms with van der Waals surface area (Å²) in [6.07, 6.45) is 18.3. The van der Waals surface area contributed by atoms with Gasteiger partial charge in [-0.15, -0.1) is 0 Å². The Balaban J connectivity index is 1.31. The van der Waals surface area contributed by atoms with Gasteiger partial charge in [-0.1, -0.05) is 38.5 Å². The van der Waals surface area contributed by atoms with Gasteiger partial charge in [0, 0.05) is 12.1 Å². The van der Waals surface area contributed by atoms with E-state index in [0.29, 0.717) is 35.7 Å². The highest BCUT2D eigenvalue weighted by molar-refractivity contribution is 5.88. The molecule has 2 N–H and O–H groups in total. The van der Waals surface area contributed by atoms with Gasteiger partial charge in [-0.05, 0) is 76.0 Å². The fraction of sp³-hybridized carbons (Fsp3) is 0.917. The van der Waals surface area contributed by atoms with Crippen molar-refractivity contribution in [2.45, 2.75) is 115 Å². The topological polar surface area (TPSA) is 58.2 Å². The summed E-state index contributed by atoms with van der Waals surface area (Å²) in [6.45, 7) is 0. The third kappa shape index (κ3) is 3.39. The molecule has 0 saturated heterocycles. The standard InChI is InChI=1S/C24H38N2O2/c27-21(25-19-7-3-1-4-8-19)23-12-17-11-18(13-23)15-24(14-17,16-23)22(28)26-20-9-5-2-6-10-20/h17-20H,1-16H2,(H,25,27)(H,26,28). The highest BCUT2D eigenvalue weighted by Gasteiger charge is 2.63. The first-order valence-corrected chi connectivity index (χ1v) is 12.2. The Hall–Kier alpha value is -1.06. The van der Waals surface area contributed by atoms with Crippen molar-refractivity contribution in [3.63, 3.8) is 0 Å². The van der Waals surface area contributed by atoms with Crippen LogP contribution in [0.5, 0.6) is 0 Å². The minimum absolute atomic E-state index is 0.258. The van der Waals surface area contributed by atoms with Crippen LogP contribution in [0, 0.1) is 22.7 Å². The summed E-state index contributed by atoms with van der Waals surface area (Å²) in [7, 11) is 0. The predicted molar refractivity (Wildman–Crippen MR) is 110 cm³/mol. The van der Waals surface area contributed by atoms with Gasteiger partial charge in [0.25, 0.3) is 0 Å². The molecule has 6 aliphatic rings. The minimum atomic E-state index is -0.258. The molecular formula is C24H38N2O2. The van der Waals surface area contributed by atoms with Gasteiger partial charge in [-0.25, -0.2) is 0 Å². The molecule has 4 bridgehead atoms. The van der Waals surface area contributed by atoms with Gasteiger partial charge in [-0.2, -0.15) is 0 Å². The van der Waals surface area contributed by atoms with E-state index in [-0.39, 0.29) is 10.8 Å². The first-order chi connectivity index (χ1) is 13.6. The Kier molecular flexibility index (Phi) is 4.95. The Labute approximate surface area is 170 Å². The van der Waals surface area contributed by atoms with Crippen LogP contribution in [0.15, 0.2) is 0 Å². The van der Waals surface area contributed by atoms with Crippen LogP contribution in [-0.4, -0.2) is 23.9 Å². The monoisotopic (exact) mass is 386 g/mol. The molecule has 6 saturated carbocycles. The molecule has 0 aliphatic heterocycles. The zero-order chi connectivity index (χ0) is 19.2. The normalized spacial score (nSPS) is 41.0.